The monoisotopic (exact) mass is 296 g/mol. The number of hydrogen-bond acceptors (Lipinski definition) is 2. The van der Waals surface area contributed by atoms with E-state index in [0.29, 0.717) is 12.6 Å². The topological polar surface area (TPSA) is 29.3 Å². The van der Waals surface area contributed by atoms with Crippen molar-refractivity contribution in [3.8, 4) is 0 Å². The molecule has 0 aliphatic carbocycles. The zero-order valence-corrected chi connectivity index (χ0v) is 12.0. The molecule has 17 heavy (non-hydrogen) atoms. The normalized spacial score (nSPS) is 23.6. The molecule has 0 unspecified atom stereocenters. The van der Waals surface area contributed by atoms with Crippen LogP contribution in [0.25, 0.3) is 0 Å². The van der Waals surface area contributed by atoms with Gasteiger partial charge in [0.25, 0.3) is 0 Å². The molecule has 1 aliphatic heterocycles. The van der Waals surface area contributed by atoms with Gasteiger partial charge in [0.05, 0.1) is 0 Å². The minimum absolute atomic E-state index is 0.380. The highest BCUT2D eigenvalue weighted by Crippen LogP contribution is 2.26. The van der Waals surface area contributed by atoms with Crippen LogP contribution in [0, 0.1) is 5.92 Å². The molecule has 1 aromatic rings. The van der Waals surface area contributed by atoms with Crippen LogP contribution in [-0.2, 0) is 0 Å². The minimum Gasteiger partial charge on any atom is -0.329 e. The largest absolute Gasteiger partial charge is 0.329 e. The maximum atomic E-state index is 5.97. The standard InChI is InChI=1S/C14H21BrN2/c1-11-3-2-8-17(10-11)14(9-16)12-4-6-13(15)7-5-12/h4-7,11,14H,2-3,8-10,16H2,1H3/t11-,14-/m1/s1. The molecular weight excluding hydrogens is 276 g/mol. The second-order valence-electron chi connectivity index (χ2n) is 5.05. The Kier molecular flexibility index (Phi) is 4.60. The Hall–Kier alpha value is -0.380. The van der Waals surface area contributed by atoms with Gasteiger partial charge in [0.2, 0.25) is 0 Å². The Bertz CT molecular complexity index is 350. The maximum absolute atomic E-state index is 5.97. The molecule has 2 rings (SSSR count). The Labute approximate surface area is 112 Å². The van der Waals surface area contributed by atoms with Crippen LogP contribution in [0.4, 0.5) is 0 Å². The number of rotatable bonds is 3. The first-order valence-corrected chi connectivity index (χ1v) is 7.19. The fraction of sp³-hybridized carbons (Fsp3) is 0.571. The van der Waals surface area contributed by atoms with E-state index in [2.05, 4.69) is 52.0 Å². The summed E-state index contributed by atoms with van der Waals surface area (Å²) < 4.78 is 1.13. The molecule has 2 N–H and O–H groups in total. The number of nitrogens with two attached hydrogens (primary N) is 1. The van der Waals surface area contributed by atoms with Crippen molar-refractivity contribution in [2.75, 3.05) is 19.6 Å². The summed E-state index contributed by atoms with van der Waals surface area (Å²) in [4.78, 5) is 2.54. The van der Waals surface area contributed by atoms with Gasteiger partial charge in [-0.2, -0.15) is 0 Å². The molecule has 94 valence electrons. The third-order valence-corrected chi connectivity index (χ3v) is 4.14. The van der Waals surface area contributed by atoms with Crippen LogP contribution < -0.4 is 5.73 Å². The first kappa shape index (κ1) is 13.1. The lowest BCUT2D eigenvalue weighted by molar-refractivity contribution is 0.133. The van der Waals surface area contributed by atoms with Crippen LogP contribution in [0.15, 0.2) is 28.7 Å². The van der Waals surface area contributed by atoms with Crippen molar-refractivity contribution in [1.29, 1.82) is 0 Å². The first-order chi connectivity index (χ1) is 8.20. The van der Waals surface area contributed by atoms with Crippen LogP contribution in [0.3, 0.4) is 0 Å². The quantitative estimate of drug-likeness (QED) is 0.928. The Morgan fingerprint density at radius 2 is 2.12 bits per heavy atom. The van der Waals surface area contributed by atoms with E-state index in [1.165, 1.54) is 31.5 Å². The summed E-state index contributed by atoms with van der Waals surface area (Å²) in [5.41, 5.74) is 7.30. The summed E-state index contributed by atoms with van der Waals surface area (Å²) in [5, 5.41) is 0. The van der Waals surface area contributed by atoms with E-state index < -0.39 is 0 Å². The van der Waals surface area contributed by atoms with E-state index in [9.17, 15) is 0 Å². The molecule has 2 atom stereocenters. The van der Waals surface area contributed by atoms with Crippen LogP contribution in [0.1, 0.15) is 31.4 Å². The zero-order valence-electron chi connectivity index (χ0n) is 10.4. The van der Waals surface area contributed by atoms with Crippen molar-refractivity contribution in [1.82, 2.24) is 4.90 Å². The van der Waals surface area contributed by atoms with Crippen LogP contribution in [-0.4, -0.2) is 24.5 Å². The predicted molar refractivity (Wildman–Crippen MR) is 75.9 cm³/mol. The molecule has 1 fully saturated rings. The van der Waals surface area contributed by atoms with Crippen LogP contribution in [0.5, 0.6) is 0 Å². The molecule has 1 aliphatic rings. The molecule has 0 radical (unpaired) electrons. The number of nitrogens with zero attached hydrogens (tertiary/aromatic N) is 1. The van der Waals surface area contributed by atoms with Crippen molar-refractivity contribution in [2.45, 2.75) is 25.8 Å². The molecule has 0 aromatic heterocycles. The highest BCUT2D eigenvalue weighted by Gasteiger charge is 2.23. The fourth-order valence-electron chi connectivity index (χ4n) is 2.69. The average molecular weight is 297 g/mol. The summed E-state index contributed by atoms with van der Waals surface area (Å²) >= 11 is 3.48. The van der Waals surface area contributed by atoms with Crippen molar-refractivity contribution >= 4 is 15.9 Å². The number of piperidine rings is 1. The lowest BCUT2D eigenvalue weighted by Crippen LogP contribution is -2.40. The second-order valence-corrected chi connectivity index (χ2v) is 5.96. The van der Waals surface area contributed by atoms with Crippen LogP contribution in [0.2, 0.25) is 0 Å². The van der Waals surface area contributed by atoms with E-state index in [1.807, 2.05) is 0 Å². The lowest BCUT2D eigenvalue weighted by atomic mass is 9.96. The highest BCUT2D eigenvalue weighted by atomic mass is 79.9. The van der Waals surface area contributed by atoms with E-state index in [-0.39, 0.29) is 0 Å². The van der Waals surface area contributed by atoms with Gasteiger partial charge in [0.1, 0.15) is 0 Å². The van der Waals surface area contributed by atoms with Gasteiger partial charge in [-0.3, -0.25) is 4.90 Å². The first-order valence-electron chi connectivity index (χ1n) is 6.40. The predicted octanol–water partition coefficient (Wildman–Crippen LogP) is 3.18. The van der Waals surface area contributed by atoms with Crippen molar-refractivity contribution in [3.05, 3.63) is 34.3 Å². The summed E-state index contributed by atoms with van der Waals surface area (Å²) in [6, 6.07) is 8.95. The lowest BCUT2D eigenvalue weighted by Gasteiger charge is -2.37. The average Bonchev–Trinajstić information content (AvgIpc) is 2.33. The fourth-order valence-corrected chi connectivity index (χ4v) is 2.95. The molecule has 3 heteroatoms. The number of halogens is 1. The molecule has 1 saturated heterocycles. The van der Waals surface area contributed by atoms with Gasteiger partial charge in [-0.05, 0) is 43.0 Å². The van der Waals surface area contributed by atoms with Gasteiger partial charge in [-0.25, -0.2) is 0 Å². The Balaban J connectivity index is 2.12. The third-order valence-electron chi connectivity index (χ3n) is 3.61. The molecule has 0 bridgehead atoms. The summed E-state index contributed by atoms with van der Waals surface area (Å²) in [7, 11) is 0. The molecule has 1 heterocycles. The molecule has 0 spiro atoms. The Morgan fingerprint density at radius 1 is 1.41 bits per heavy atom. The van der Waals surface area contributed by atoms with E-state index in [0.717, 1.165) is 10.4 Å². The Morgan fingerprint density at radius 3 is 2.71 bits per heavy atom. The highest BCUT2D eigenvalue weighted by molar-refractivity contribution is 9.10. The zero-order chi connectivity index (χ0) is 12.3. The van der Waals surface area contributed by atoms with Crippen LogP contribution >= 0.6 is 15.9 Å². The number of hydrogen-bond donors (Lipinski definition) is 1. The second kappa shape index (κ2) is 5.98. The molecule has 0 amide bonds. The maximum Gasteiger partial charge on any atom is 0.0470 e. The van der Waals surface area contributed by atoms with Crippen molar-refractivity contribution in [2.24, 2.45) is 11.7 Å². The molecule has 0 saturated carbocycles. The van der Waals surface area contributed by atoms with Gasteiger partial charge in [0, 0.05) is 23.6 Å². The number of benzene rings is 1. The summed E-state index contributed by atoms with van der Waals surface area (Å²) in [6.45, 7) is 5.40. The SMILES string of the molecule is C[C@@H]1CCCN([C@H](CN)c2ccc(Br)cc2)C1. The summed E-state index contributed by atoms with van der Waals surface area (Å²) in [5.74, 6) is 0.799. The van der Waals surface area contributed by atoms with E-state index >= 15 is 0 Å². The van der Waals surface area contributed by atoms with Gasteiger partial charge in [-0.1, -0.05) is 35.0 Å². The van der Waals surface area contributed by atoms with Gasteiger partial charge in [0.15, 0.2) is 0 Å². The minimum atomic E-state index is 0.380. The summed E-state index contributed by atoms with van der Waals surface area (Å²) in [6.07, 6.45) is 2.66. The molecule has 2 nitrogen and oxygen atoms in total. The van der Waals surface area contributed by atoms with Gasteiger partial charge in [-0.15, -0.1) is 0 Å². The smallest absolute Gasteiger partial charge is 0.0470 e. The number of likely N-dealkylation sites (tertiary alicyclic amines) is 1. The van der Waals surface area contributed by atoms with E-state index in [4.69, 9.17) is 5.73 Å². The molecule has 1 aromatic carbocycles. The van der Waals surface area contributed by atoms with Gasteiger partial charge >= 0.3 is 0 Å². The van der Waals surface area contributed by atoms with Crippen molar-refractivity contribution < 1.29 is 0 Å². The van der Waals surface area contributed by atoms with Gasteiger partial charge < -0.3 is 5.73 Å². The third kappa shape index (κ3) is 3.30. The van der Waals surface area contributed by atoms with E-state index in [1.54, 1.807) is 0 Å². The molecular formula is C14H21BrN2. The van der Waals surface area contributed by atoms with Crippen molar-refractivity contribution in [3.63, 3.8) is 0 Å².